The molecule has 1 aromatic rings. The Bertz CT molecular complexity index is 423. The second kappa shape index (κ2) is 7.25. The summed E-state index contributed by atoms with van der Waals surface area (Å²) in [5.41, 5.74) is 2.19. The zero-order valence-corrected chi connectivity index (χ0v) is 12.3. The van der Waals surface area contributed by atoms with Gasteiger partial charge in [0.25, 0.3) is 5.91 Å². The van der Waals surface area contributed by atoms with Crippen molar-refractivity contribution in [3.63, 3.8) is 0 Å². The molecule has 0 aromatic carbocycles. The van der Waals surface area contributed by atoms with Gasteiger partial charge in [0.15, 0.2) is 6.29 Å². The molecule has 1 amide bonds. The van der Waals surface area contributed by atoms with Gasteiger partial charge in [0.1, 0.15) is 0 Å². The monoisotopic (exact) mass is 269 g/mol. The van der Waals surface area contributed by atoms with Crippen molar-refractivity contribution in [3.8, 4) is 0 Å². The number of nitrogens with one attached hydrogen (secondary N) is 1. The van der Waals surface area contributed by atoms with Gasteiger partial charge in [0.05, 0.1) is 17.8 Å². The van der Waals surface area contributed by atoms with Crippen LogP contribution in [0.4, 0.5) is 0 Å². The lowest BCUT2D eigenvalue weighted by Crippen LogP contribution is -2.35. The fourth-order valence-electron chi connectivity index (χ4n) is 1.90. The summed E-state index contributed by atoms with van der Waals surface area (Å²) in [6.07, 6.45) is -0.406. The van der Waals surface area contributed by atoms with Crippen molar-refractivity contribution in [1.29, 1.82) is 0 Å². The van der Waals surface area contributed by atoms with Gasteiger partial charge in [-0.25, -0.2) is 0 Å². The number of ether oxygens (including phenoxy) is 2. The lowest BCUT2D eigenvalue weighted by molar-refractivity contribution is -0.131. The molecule has 6 nitrogen and oxygen atoms in total. The van der Waals surface area contributed by atoms with Gasteiger partial charge < -0.3 is 14.8 Å². The van der Waals surface area contributed by atoms with E-state index in [9.17, 15) is 4.79 Å². The Balaban J connectivity index is 2.64. The van der Waals surface area contributed by atoms with E-state index < -0.39 is 6.29 Å². The zero-order chi connectivity index (χ0) is 14.4. The van der Waals surface area contributed by atoms with Crippen LogP contribution in [-0.4, -0.2) is 41.7 Å². The summed E-state index contributed by atoms with van der Waals surface area (Å²) in [6.45, 7) is 8.90. The number of hydrogen-bond donors (Lipinski definition) is 1. The third-order valence-corrected chi connectivity index (χ3v) is 2.87. The number of carbonyl (C=O) groups excluding carboxylic acids is 1. The van der Waals surface area contributed by atoms with Gasteiger partial charge in [0, 0.05) is 26.0 Å². The zero-order valence-electron chi connectivity index (χ0n) is 12.3. The number of rotatable bonds is 7. The van der Waals surface area contributed by atoms with Crippen LogP contribution >= 0.6 is 0 Å². The smallest absolute Gasteiger partial charge is 0.255 e. The van der Waals surface area contributed by atoms with Crippen LogP contribution in [0, 0.1) is 13.8 Å². The highest BCUT2D eigenvalue weighted by Crippen LogP contribution is 2.11. The largest absolute Gasteiger partial charge is 0.351 e. The van der Waals surface area contributed by atoms with Crippen molar-refractivity contribution in [2.75, 3.05) is 19.8 Å². The number of hydrogen-bond acceptors (Lipinski definition) is 4. The Hall–Kier alpha value is -1.40. The normalized spacial score (nSPS) is 11.1. The first-order chi connectivity index (χ1) is 9.01. The first-order valence-corrected chi connectivity index (χ1v) is 6.52. The summed E-state index contributed by atoms with van der Waals surface area (Å²) in [6, 6.07) is 0. The molecule has 0 aliphatic carbocycles. The Labute approximate surface area is 114 Å². The quantitative estimate of drug-likeness (QED) is 0.755. The van der Waals surface area contributed by atoms with Crippen molar-refractivity contribution in [1.82, 2.24) is 15.1 Å². The first kappa shape index (κ1) is 15.7. The molecule has 0 atom stereocenters. The van der Waals surface area contributed by atoms with Crippen molar-refractivity contribution >= 4 is 5.91 Å². The molecule has 1 rings (SSSR count). The van der Waals surface area contributed by atoms with E-state index in [2.05, 4.69) is 10.4 Å². The minimum atomic E-state index is -0.406. The average molecular weight is 269 g/mol. The van der Waals surface area contributed by atoms with E-state index in [1.165, 1.54) is 0 Å². The predicted molar refractivity (Wildman–Crippen MR) is 72.1 cm³/mol. The van der Waals surface area contributed by atoms with Crippen molar-refractivity contribution in [2.45, 2.75) is 34.0 Å². The van der Waals surface area contributed by atoms with E-state index in [-0.39, 0.29) is 5.91 Å². The van der Waals surface area contributed by atoms with Crippen LogP contribution in [0.3, 0.4) is 0 Å². The summed E-state index contributed by atoms with van der Waals surface area (Å²) in [7, 11) is 1.82. The fourth-order valence-corrected chi connectivity index (χ4v) is 1.90. The van der Waals surface area contributed by atoms with Crippen molar-refractivity contribution in [2.24, 2.45) is 7.05 Å². The lowest BCUT2D eigenvalue weighted by atomic mass is 10.2. The van der Waals surface area contributed by atoms with Gasteiger partial charge in [-0.05, 0) is 27.7 Å². The molecule has 0 saturated heterocycles. The molecule has 108 valence electrons. The second-order valence-electron chi connectivity index (χ2n) is 4.22. The van der Waals surface area contributed by atoms with Gasteiger partial charge in [-0.1, -0.05) is 0 Å². The number of amides is 1. The van der Waals surface area contributed by atoms with Gasteiger partial charge in [0.2, 0.25) is 0 Å². The molecule has 0 fully saturated rings. The van der Waals surface area contributed by atoms with Gasteiger partial charge in [-0.15, -0.1) is 0 Å². The molecular weight excluding hydrogens is 246 g/mol. The first-order valence-electron chi connectivity index (χ1n) is 6.52. The number of aryl methyl sites for hydroxylation is 2. The highest BCUT2D eigenvalue weighted by atomic mass is 16.7. The Kier molecular flexibility index (Phi) is 5.98. The highest BCUT2D eigenvalue weighted by molar-refractivity contribution is 5.96. The molecule has 0 unspecified atom stereocenters. The van der Waals surface area contributed by atoms with Crippen molar-refractivity contribution in [3.05, 3.63) is 17.0 Å². The van der Waals surface area contributed by atoms with Crippen LogP contribution in [0.2, 0.25) is 0 Å². The van der Waals surface area contributed by atoms with E-state index in [1.54, 1.807) is 4.68 Å². The number of nitrogens with zero attached hydrogens (tertiary/aromatic N) is 2. The summed E-state index contributed by atoms with van der Waals surface area (Å²) in [4.78, 5) is 12.1. The number of aromatic nitrogens is 2. The highest BCUT2D eigenvalue weighted by Gasteiger charge is 2.18. The summed E-state index contributed by atoms with van der Waals surface area (Å²) in [5, 5.41) is 7.05. The van der Waals surface area contributed by atoms with Crippen LogP contribution < -0.4 is 5.32 Å². The standard InChI is InChI=1S/C13H23N3O3/c1-6-18-11(19-7-2)8-14-13(17)12-9(3)15-16(5)10(12)4/h11H,6-8H2,1-5H3,(H,14,17). The molecule has 0 radical (unpaired) electrons. The molecule has 6 heteroatoms. The molecular formula is C13H23N3O3. The lowest BCUT2D eigenvalue weighted by Gasteiger charge is -2.17. The molecule has 19 heavy (non-hydrogen) atoms. The van der Waals surface area contributed by atoms with E-state index >= 15 is 0 Å². The third kappa shape index (κ3) is 4.04. The average Bonchev–Trinajstić information content (AvgIpc) is 2.61. The van der Waals surface area contributed by atoms with Crippen molar-refractivity contribution < 1.29 is 14.3 Å². The van der Waals surface area contributed by atoms with E-state index in [4.69, 9.17) is 9.47 Å². The molecule has 0 spiro atoms. The summed E-state index contributed by atoms with van der Waals surface area (Å²) < 4.78 is 12.5. The van der Waals surface area contributed by atoms with Crippen LogP contribution in [0.15, 0.2) is 0 Å². The van der Waals surface area contributed by atoms with E-state index in [1.807, 2.05) is 34.7 Å². The van der Waals surface area contributed by atoms with Gasteiger partial charge >= 0.3 is 0 Å². The van der Waals surface area contributed by atoms with Crippen LogP contribution in [0.1, 0.15) is 35.6 Å². The molecule has 0 aliphatic rings. The van der Waals surface area contributed by atoms with Gasteiger partial charge in [-0.3, -0.25) is 9.48 Å². The molecule has 0 saturated carbocycles. The summed E-state index contributed by atoms with van der Waals surface area (Å²) in [5.74, 6) is -0.146. The third-order valence-electron chi connectivity index (χ3n) is 2.87. The van der Waals surface area contributed by atoms with Crippen LogP contribution in [0.5, 0.6) is 0 Å². The van der Waals surface area contributed by atoms with E-state index in [0.29, 0.717) is 25.3 Å². The molecule has 0 bridgehead atoms. The second-order valence-corrected chi connectivity index (χ2v) is 4.22. The molecule has 1 heterocycles. The summed E-state index contributed by atoms with van der Waals surface area (Å²) >= 11 is 0. The Morgan fingerprint density at radius 1 is 1.32 bits per heavy atom. The SMILES string of the molecule is CCOC(CNC(=O)c1c(C)nn(C)c1C)OCC. The minimum absolute atomic E-state index is 0.146. The fraction of sp³-hybridized carbons (Fsp3) is 0.692. The Morgan fingerprint density at radius 2 is 1.89 bits per heavy atom. The topological polar surface area (TPSA) is 65.4 Å². The molecule has 0 aliphatic heterocycles. The molecule has 1 N–H and O–H groups in total. The minimum Gasteiger partial charge on any atom is -0.351 e. The molecule has 1 aromatic heterocycles. The predicted octanol–water partition coefficient (Wildman–Crippen LogP) is 1.17. The maximum Gasteiger partial charge on any atom is 0.255 e. The van der Waals surface area contributed by atoms with Crippen LogP contribution in [0.25, 0.3) is 0 Å². The maximum absolute atomic E-state index is 12.1. The Morgan fingerprint density at radius 3 is 2.32 bits per heavy atom. The number of carbonyl (C=O) groups is 1. The van der Waals surface area contributed by atoms with Gasteiger partial charge in [-0.2, -0.15) is 5.10 Å². The van der Waals surface area contributed by atoms with Crippen LogP contribution in [-0.2, 0) is 16.5 Å². The maximum atomic E-state index is 12.1. The van der Waals surface area contributed by atoms with E-state index in [0.717, 1.165) is 11.4 Å².